The van der Waals surface area contributed by atoms with E-state index in [0.717, 1.165) is 38.6 Å². The second kappa shape index (κ2) is 11.1. The Hall–Kier alpha value is -1.16. The number of anilines is 1. The van der Waals surface area contributed by atoms with E-state index in [4.69, 9.17) is 0 Å². The zero-order valence-corrected chi connectivity index (χ0v) is 19.5. The molecule has 3 rings (SSSR count). The summed E-state index contributed by atoms with van der Waals surface area (Å²) in [7, 11) is 1.81. The van der Waals surface area contributed by atoms with Gasteiger partial charge in [-0.05, 0) is 57.7 Å². The summed E-state index contributed by atoms with van der Waals surface area (Å²) < 4.78 is 13.9. The van der Waals surface area contributed by atoms with Crippen LogP contribution in [0.15, 0.2) is 23.3 Å². The summed E-state index contributed by atoms with van der Waals surface area (Å²) in [4.78, 5) is 13.1. The Morgan fingerprint density at radius 2 is 2.14 bits per heavy atom. The second-order valence-electron chi connectivity index (χ2n) is 7.93. The van der Waals surface area contributed by atoms with Crippen molar-refractivity contribution in [2.75, 3.05) is 44.7 Å². The fourth-order valence-corrected chi connectivity index (χ4v) is 4.04. The molecular formula is C20H34FIN6. The molecule has 2 fully saturated rings. The third-order valence-corrected chi connectivity index (χ3v) is 5.63. The van der Waals surface area contributed by atoms with Crippen molar-refractivity contribution in [3.05, 3.63) is 24.1 Å². The largest absolute Gasteiger partial charge is 0.356 e. The molecule has 0 spiro atoms. The lowest BCUT2D eigenvalue weighted by Crippen LogP contribution is -2.48. The number of aliphatic imine (C=N–C) groups is 1. The predicted octanol–water partition coefficient (Wildman–Crippen LogP) is 2.70. The minimum atomic E-state index is -0.257. The van der Waals surface area contributed by atoms with E-state index in [2.05, 4.69) is 39.4 Å². The van der Waals surface area contributed by atoms with E-state index in [1.165, 1.54) is 25.5 Å². The van der Waals surface area contributed by atoms with Crippen molar-refractivity contribution in [2.24, 2.45) is 10.9 Å². The SMILES string of the molecule is CN=C(NCC1CCCN(C(C)C)C1)NC1CCN(c2ncccc2F)C1.I. The Bertz CT molecular complexity index is 641. The van der Waals surface area contributed by atoms with Gasteiger partial charge in [-0.15, -0.1) is 24.0 Å². The average Bonchev–Trinajstić information content (AvgIpc) is 3.14. The summed E-state index contributed by atoms with van der Waals surface area (Å²) in [5.41, 5.74) is 0. The van der Waals surface area contributed by atoms with Gasteiger partial charge in [0.15, 0.2) is 17.6 Å². The van der Waals surface area contributed by atoms with E-state index in [1.54, 1.807) is 12.3 Å². The maximum Gasteiger partial charge on any atom is 0.191 e. The Morgan fingerprint density at radius 3 is 2.86 bits per heavy atom. The van der Waals surface area contributed by atoms with Gasteiger partial charge in [0.05, 0.1) is 0 Å². The van der Waals surface area contributed by atoms with Crippen molar-refractivity contribution in [3.63, 3.8) is 0 Å². The van der Waals surface area contributed by atoms with Crippen LogP contribution in [0.2, 0.25) is 0 Å². The third-order valence-electron chi connectivity index (χ3n) is 5.63. The molecule has 0 aromatic carbocycles. The van der Waals surface area contributed by atoms with Crippen LogP contribution >= 0.6 is 24.0 Å². The highest BCUT2D eigenvalue weighted by Crippen LogP contribution is 2.21. The standard InChI is InChI=1S/C20H33FN6.HI/c1-15(2)26-10-5-6-16(13-26)12-24-20(22-3)25-17-8-11-27(14-17)19-18(21)7-4-9-23-19;/h4,7,9,15-17H,5-6,8,10-14H2,1-3H3,(H2,22,24,25);1H. The monoisotopic (exact) mass is 504 g/mol. The molecule has 2 saturated heterocycles. The van der Waals surface area contributed by atoms with Gasteiger partial charge in [-0.25, -0.2) is 9.37 Å². The van der Waals surface area contributed by atoms with Gasteiger partial charge in [0.25, 0.3) is 0 Å². The third kappa shape index (κ3) is 6.17. The van der Waals surface area contributed by atoms with Crippen molar-refractivity contribution >= 4 is 35.8 Å². The first-order valence-electron chi connectivity index (χ1n) is 10.1. The molecule has 2 aliphatic rings. The number of hydrogen-bond donors (Lipinski definition) is 2. The van der Waals surface area contributed by atoms with E-state index in [1.807, 2.05) is 11.9 Å². The predicted molar refractivity (Wildman–Crippen MR) is 124 cm³/mol. The summed E-state index contributed by atoms with van der Waals surface area (Å²) >= 11 is 0. The van der Waals surface area contributed by atoms with Crippen LogP contribution in [0, 0.1) is 11.7 Å². The van der Waals surface area contributed by atoms with Crippen LogP contribution < -0.4 is 15.5 Å². The van der Waals surface area contributed by atoms with Crippen LogP contribution in [-0.4, -0.2) is 67.7 Å². The average molecular weight is 504 g/mol. The molecular weight excluding hydrogens is 470 g/mol. The number of guanidine groups is 1. The maximum atomic E-state index is 13.9. The molecule has 6 nitrogen and oxygen atoms in total. The van der Waals surface area contributed by atoms with Crippen molar-refractivity contribution in [2.45, 2.75) is 45.2 Å². The fraction of sp³-hybridized carbons (Fsp3) is 0.700. The molecule has 1 aromatic rings. The maximum absolute atomic E-state index is 13.9. The molecule has 2 N–H and O–H groups in total. The van der Waals surface area contributed by atoms with E-state index in [-0.39, 0.29) is 35.8 Å². The molecule has 0 aliphatic carbocycles. The number of aromatic nitrogens is 1. The van der Waals surface area contributed by atoms with Gasteiger partial charge >= 0.3 is 0 Å². The highest BCUT2D eigenvalue weighted by atomic mass is 127. The molecule has 0 saturated carbocycles. The minimum absolute atomic E-state index is 0. The fourth-order valence-electron chi connectivity index (χ4n) is 4.04. The lowest BCUT2D eigenvalue weighted by molar-refractivity contribution is 0.141. The summed E-state index contributed by atoms with van der Waals surface area (Å²) in [6.07, 6.45) is 5.12. The molecule has 2 atom stereocenters. The van der Waals surface area contributed by atoms with Crippen molar-refractivity contribution in [1.29, 1.82) is 0 Å². The van der Waals surface area contributed by atoms with Crippen molar-refractivity contribution in [3.8, 4) is 0 Å². The molecule has 1 aromatic heterocycles. The number of nitrogens with one attached hydrogen (secondary N) is 2. The summed E-state index contributed by atoms with van der Waals surface area (Å²) in [5.74, 6) is 1.68. The van der Waals surface area contributed by atoms with Gasteiger partial charge in [-0.1, -0.05) is 0 Å². The topological polar surface area (TPSA) is 55.8 Å². The number of rotatable bonds is 5. The van der Waals surface area contributed by atoms with Gasteiger partial charge in [0.1, 0.15) is 0 Å². The lowest BCUT2D eigenvalue weighted by Gasteiger charge is -2.35. The van der Waals surface area contributed by atoms with E-state index < -0.39 is 0 Å². The van der Waals surface area contributed by atoms with Crippen LogP contribution in [0.25, 0.3) is 0 Å². The summed E-state index contributed by atoms with van der Waals surface area (Å²) in [6, 6.07) is 3.95. The molecule has 0 radical (unpaired) electrons. The first-order chi connectivity index (χ1) is 13.1. The van der Waals surface area contributed by atoms with Gasteiger partial charge in [0.2, 0.25) is 0 Å². The van der Waals surface area contributed by atoms with Crippen LogP contribution in [0.3, 0.4) is 0 Å². The molecule has 158 valence electrons. The number of halogens is 2. The van der Waals surface area contributed by atoms with Crippen LogP contribution in [0.1, 0.15) is 33.1 Å². The minimum Gasteiger partial charge on any atom is -0.356 e. The second-order valence-corrected chi connectivity index (χ2v) is 7.93. The van der Waals surface area contributed by atoms with Crippen LogP contribution in [0.4, 0.5) is 10.2 Å². The molecule has 2 aliphatic heterocycles. The van der Waals surface area contributed by atoms with Gasteiger partial charge in [0, 0.05) is 51.5 Å². The smallest absolute Gasteiger partial charge is 0.191 e. The molecule has 8 heteroatoms. The number of hydrogen-bond acceptors (Lipinski definition) is 4. The zero-order valence-electron chi connectivity index (χ0n) is 17.2. The number of piperidine rings is 1. The quantitative estimate of drug-likeness (QED) is 0.367. The van der Waals surface area contributed by atoms with Gasteiger partial charge < -0.3 is 20.4 Å². The first kappa shape index (κ1) is 23.1. The molecule has 3 heterocycles. The zero-order chi connectivity index (χ0) is 19.2. The Balaban J connectivity index is 0.00000280. The molecule has 28 heavy (non-hydrogen) atoms. The first-order valence-corrected chi connectivity index (χ1v) is 10.1. The summed E-state index contributed by atoms with van der Waals surface area (Å²) in [5, 5.41) is 6.99. The van der Waals surface area contributed by atoms with Crippen molar-refractivity contribution < 1.29 is 4.39 Å². The number of likely N-dealkylation sites (tertiary alicyclic amines) is 1. The van der Waals surface area contributed by atoms with E-state index >= 15 is 0 Å². The van der Waals surface area contributed by atoms with Crippen LogP contribution in [0.5, 0.6) is 0 Å². The van der Waals surface area contributed by atoms with Gasteiger partial charge in [-0.2, -0.15) is 0 Å². The molecule has 2 unspecified atom stereocenters. The number of nitrogens with zero attached hydrogens (tertiary/aromatic N) is 4. The Labute approximate surface area is 185 Å². The normalized spacial score (nSPS) is 23.6. The molecule has 0 bridgehead atoms. The summed E-state index contributed by atoms with van der Waals surface area (Å²) in [6.45, 7) is 9.38. The van der Waals surface area contributed by atoms with E-state index in [0.29, 0.717) is 17.8 Å². The Morgan fingerprint density at radius 1 is 1.32 bits per heavy atom. The lowest BCUT2D eigenvalue weighted by atomic mass is 9.97. The molecule has 0 amide bonds. The van der Waals surface area contributed by atoms with E-state index in [9.17, 15) is 4.39 Å². The van der Waals surface area contributed by atoms with Crippen molar-refractivity contribution in [1.82, 2.24) is 20.5 Å². The Kier molecular flexibility index (Phi) is 9.20. The number of pyridine rings is 1. The van der Waals surface area contributed by atoms with Gasteiger partial charge in [-0.3, -0.25) is 4.99 Å². The highest BCUT2D eigenvalue weighted by Gasteiger charge is 2.26. The van der Waals surface area contributed by atoms with Crippen LogP contribution in [-0.2, 0) is 0 Å². The highest BCUT2D eigenvalue weighted by molar-refractivity contribution is 14.0.